The van der Waals surface area contributed by atoms with Gasteiger partial charge in [-0.25, -0.2) is 0 Å². The number of phenolic OH excluding ortho intramolecular Hbond substituents is 1. The quantitative estimate of drug-likeness (QED) is 0.159. The average Bonchev–Trinajstić information content (AvgIpc) is 3.17. The number of phenols is 1. The second-order valence-electron chi connectivity index (χ2n) is 10.3. The molecule has 0 saturated carbocycles. The monoisotopic (exact) mass is 590 g/mol. The topological polar surface area (TPSA) is 29.5 Å². The Morgan fingerprint density at radius 3 is 2.22 bits per heavy atom. The van der Waals surface area contributed by atoms with E-state index in [1.807, 2.05) is 36.4 Å². The van der Waals surface area contributed by atoms with Crippen LogP contribution in [0.15, 0.2) is 66.7 Å². The summed E-state index contributed by atoms with van der Waals surface area (Å²) in [6.07, 6.45) is 0.852. The van der Waals surface area contributed by atoms with Crippen LogP contribution in [0.1, 0.15) is 61.6 Å². The van der Waals surface area contributed by atoms with Crippen LogP contribution in [-0.2, 0) is 6.42 Å². The fourth-order valence-electron chi connectivity index (χ4n) is 5.00. The standard InChI is InChI=1S/C33H35F5O2S/c34-32(35,33(36,37)38)19-8-22-41-21-6-2-5-20-40-28-16-13-25(14-17-28)31-29-12-7-11-26(24-9-3-1-4-10-24)23-27(29)15-18-30(31)39/h1,3-4,9-10,13-18,23,39H,2,5-8,11-12,19-22H2. The second-order valence-corrected chi connectivity index (χ2v) is 11.5. The highest BCUT2D eigenvalue weighted by molar-refractivity contribution is 7.99. The number of rotatable bonds is 13. The van der Waals surface area contributed by atoms with E-state index in [9.17, 15) is 27.1 Å². The first-order chi connectivity index (χ1) is 19.7. The molecule has 0 atom stereocenters. The molecule has 220 valence electrons. The Hall–Kier alpha value is -3.00. The Balaban J connectivity index is 1.23. The second kappa shape index (κ2) is 14.3. The summed E-state index contributed by atoms with van der Waals surface area (Å²) in [6.45, 7) is 0.529. The number of hydrogen-bond acceptors (Lipinski definition) is 3. The molecule has 1 aliphatic carbocycles. The number of fused-ring (bicyclic) bond motifs is 1. The summed E-state index contributed by atoms with van der Waals surface area (Å²) < 4.78 is 68.2. The zero-order valence-corrected chi connectivity index (χ0v) is 23.7. The first-order valence-corrected chi connectivity index (χ1v) is 15.2. The zero-order valence-electron chi connectivity index (χ0n) is 22.9. The molecule has 2 nitrogen and oxygen atoms in total. The molecule has 1 aliphatic rings. The van der Waals surface area contributed by atoms with Crippen molar-refractivity contribution in [2.45, 2.75) is 63.5 Å². The van der Waals surface area contributed by atoms with E-state index in [2.05, 4.69) is 30.3 Å². The van der Waals surface area contributed by atoms with Gasteiger partial charge in [0, 0.05) is 12.0 Å². The van der Waals surface area contributed by atoms with Crippen LogP contribution < -0.4 is 4.74 Å². The molecule has 0 spiro atoms. The molecule has 0 amide bonds. The Morgan fingerprint density at radius 1 is 0.756 bits per heavy atom. The number of ether oxygens (including phenoxy) is 1. The van der Waals surface area contributed by atoms with Gasteiger partial charge in [0.15, 0.2) is 0 Å². The molecule has 1 N–H and O–H groups in total. The molecule has 0 saturated heterocycles. The van der Waals surface area contributed by atoms with E-state index in [-0.39, 0.29) is 12.2 Å². The van der Waals surface area contributed by atoms with Crippen LogP contribution in [0.4, 0.5) is 22.0 Å². The maximum Gasteiger partial charge on any atom is 0.453 e. The summed E-state index contributed by atoms with van der Waals surface area (Å²) in [5.74, 6) is -2.59. The number of hydrogen-bond donors (Lipinski definition) is 1. The minimum atomic E-state index is -5.47. The van der Waals surface area contributed by atoms with Crippen molar-refractivity contribution in [3.8, 4) is 22.6 Å². The van der Waals surface area contributed by atoms with Crippen molar-refractivity contribution < 1.29 is 31.8 Å². The molecule has 0 heterocycles. The average molecular weight is 591 g/mol. The van der Waals surface area contributed by atoms with Gasteiger partial charge in [-0.3, -0.25) is 0 Å². The molecule has 0 bridgehead atoms. The van der Waals surface area contributed by atoms with Gasteiger partial charge in [-0.15, -0.1) is 0 Å². The van der Waals surface area contributed by atoms with Crippen LogP contribution >= 0.6 is 11.8 Å². The maximum absolute atomic E-state index is 12.9. The lowest BCUT2D eigenvalue weighted by molar-refractivity contribution is -0.284. The van der Waals surface area contributed by atoms with Crippen molar-refractivity contribution in [2.75, 3.05) is 18.1 Å². The molecule has 0 fully saturated rings. The van der Waals surface area contributed by atoms with Crippen LogP contribution in [-0.4, -0.2) is 35.3 Å². The molecule has 0 aromatic heterocycles. The summed E-state index contributed by atoms with van der Waals surface area (Å²) >= 11 is 1.40. The first-order valence-electron chi connectivity index (χ1n) is 14.0. The molecule has 3 aromatic carbocycles. The Morgan fingerprint density at radius 2 is 1.49 bits per heavy atom. The Bertz CT molecular complexity index is 1290. The summed E-state index contributed by atoms with van der Waals surface area (Å²) in [6, 6.07) is 21.9. The van der Waals surface area contributed by atoms with Gasteiger partial charge in [0.25, 0.3) is 0 Å². The maximum atomic E-state index is 12.9. The molecule has 8 heteroatoms. The highest BCUT2D eigenvalue weighted by Crippen LogP contribution is 2.41. The van der Waals surface area contributed by atoms with Crippen molar-refractivity contribution in [1.82, 2.24) is 0 Å². The van der Waals surface area contributed by atoms with E-state index in [4.69, 9.17) is 4.74 Å². The molecule has 4 rings (SSSR count). The number of allylic oxidation sites excluding steroid dienone is 1. The lowest BCUT2D eigenvalue weighted by atomic mass is 9.92. The lowest BCUT2D eigenvalue weighted by Crippen LogP contribution is -2.36. The number of benzene rings is 3. The van der Waals surface area contributed by atoms with Crippen LogP contribution in [0.25, 0.3) is 22.8 Å². The van der Waals surface area contributed by atoms with Gasteiger partial charge in [-0.2, -0.15) is 33.7 Å². The SMILES string of the molecule is Oc1ccc2c(c1-c1ccc(OCCCCCSCCCC(F)(F)C(F)(F)F)cc1)CCCC(c1ccccc1)=C2. The zero-order chi connectivity index (χ0) is 29.3. The molecule has 41 heavy (non-hydrogen) atoms. The van der Waals surface area contributed by atoms with E-state index < -0.39 is 18.5 Å². The van der Waals surface area contributed by atoms with Gasteiger partial charge >= 0.3 is 12.1 Å². The van der Waals surface area contributed by atoms with E-state index in [0.29, 0.717) is 12.4 Å². The van der Waals surface area contributed by atoms with Gasteiger partial charge < -0.3 is 9.84 Å². The number of halogens is 5. The van der Waals surface area contributed by atoms with E-state index in [1.54, 1.807) is 6.07 Å². The van der Waals surface area contributed by atoms with Crippen LogP contribution in [0.5, 0.6) is 11.5 Å². The normalized spacial score (nSPS) is 13.8. The summed E-state index contributed by atoms with van der Waals surface area (Å²) in [5.41, 5.74) is 6.60. The third kappa shape index (κ3) is 8.51. The molecular weight excluding hydrogens is 555 g/mol. The van der Waals surface area contributed by atoms with Gasteiger partial charge in [0.2, 0.25) is 0 Å². The summed E-state index contributed by atoms with van der Waals surface area (Å²) in [4.78, 5) is 0. The number of unbranched alkanes of at least 4 members (excludes halogenated alkanes) is 2. The fourth-order valence-corrected chi connectivity index (χ4v) is 5.97. The van der Waals surface area contributed by atoms with Crippen molar-refractivity contribution in [3.63, 3.8) is 0 Å². The highest BCUT2D eigenvalue weighted by atomic mass is 32.2. The summed E-state index contributed by atoms with van der Waals surface area (Å²) in [5, 5.41) is 10.8. The summed E-state index contributed by atoms with van der Waals surface area (Å²) in [7, 11) is 0. The number of thioether (sulfide) groups is 1. The van der Waals surface area contributed by atoms with Crippen molar-refractivity contribution in [3.05, 3.63) is 83.4 Å². The van der Waals surface area contributed by atoms with E-state index >= 15 is 0 Å². The molecular formula is C33H35F5O2S. The number of aromatic hydroxyl groups is 1. The fraction of sp³-hybridized carbons (Fsp3) is 0.394. The minimum Gasteiger partial charge on any atom is -0.507 e. The smallest absolute Gasteiger partial charge is 0.453 e. The number of alkyl halides is 5. The minimum absolute atomic E-state index is 0.161. The molecule has 0 radical (unpaired) electrons. The largest absolute Gasteiger partial charge is 0.507 e. The van der Waals surface area contributed by atoms with Gasteiger partial charge in [0.05, 0.1) is 6.61 Å². The van der Waals surface area contributed by atoms with Gasteiger partial charge in [-0.1, -0.05) is 54.6 Å². The molecule has 0 unspecified atom stereocenters. The Labute approximate surface area is 242 Å². The van der Waals surface area contributed by atoms with Crippen LogP contribution in [0, 0.1) is 0 Å². The molecule has 3 aromatic rings. The van der Waals surface area contributed by atoms with Gasteiger partial charge in [-0.05, 0) is 102 Å². The third-order valence-corrected chi connectivity index (χ3v) is 8.37. The predicted molar refractivity (Wildman–Crippen MR) is 158 cm³/mol. The van der Waals surface area contributed by atoms with Crippen LogP contribution in [0.2, 0.25) is 0 Å². The van der Waals surface area contributed by atoms with Crippen LogP contribution in [0.3, 0.4) is 0 Å². The van der Waals surface area contributed by atoms with E-state index in [1.165, 1.54) is 22.9 Å². The Kier molecular flexibility index (Phi) is 10.8. The molecule has 0 aliphatic heterocycles. The van der Waals surface area contributed by atoms with E-state index in [0.717, 1.165) is 72.3 Å². The van der Waals surface area contributed by atoms with Crippen molar-refractivity contribution in [2.24, 2.45) is 0 Å². The lowest BCUT2D eigenvalue weighted by Gasteiger charge is -2.19. The predicted octanol–water partition coefficient (Wildman–Crippen LogP) is 10.2. The van der Waals surface area contributed by atoms with Crippen molar-refractivity contribution >= 4 is 23.4 Å². The van der Waals surface area contributed by atoms with Gasteiger partial charge in [0.1, 0.15) is 11.5 Å². The third-order valence-electron chi connectivity index (χ3n) is 7.21. The first kappa shape index (κ1) is 30.9. The van der Waals surface area contributed by atoms with Crippen molar-refractivity contribution in [1.29, 1.82) is 0 Å². The highest BCUT2D eigenvalue weighted by Gasteiger charge is 2.56.